The van der Waals surface area contributed by atoms with E-state index < -0.39 is 0 Å². The van der Waals surface area contributed by atoms with Crippen LogP contribution >= 0.6 is 0 Å². The third-order valence-electron chi connectivity index (χ3n) is 6.90. The Morgan fingerprint density at radius 1 is 1.32 bits per heavy atom. The molecule has 4 rings (SSSR count). The van der Waals surface area contributed by atoms with Crippen molar-refractivity contribution in [3.63, 3.8) is 0 Å². The third kappa shape index (κ3) is 4.78. The molecule has 3 atom stereocenters. The molecule has 0 spiro atoms. The Kier molecular flexibility index (Phi) is 6.65. The summed E-state index contributed by atoms with van der Waals surface area (Å²) in [5, 5.41) is 13.1. The Balaban J connectivity index is 1.48. The van der Waals surface area contributed by atoms with Crippen molar-refractivity contribution in [1.29, 1.82) is 0 Å². The average molecular weight is 432 g/mol. The van der Waals surface area contributed by atoms with Crippen LogP contribution in [0, 0.1) is 0 Å². The molecule has 2 saturated heterocycles. The van der Waals surface area contributed by atoms with Gasteiger partial charge in [0.1, 0.15) is 0 Å². The highest BCUT2D eigenvalue weighted by atomic mass is 16.5. The summed E-state index contributed by atoms with van der Waals surface area (Å²) in [6, 6.07) is 4.82. The van der Waals surface area contributed by atoms with Gasteiger partial charge in [0.2, 0.25) is 5.91 Å². The molecule has 8 heteroatoms. The quantitative estimate of drug-likeness (QED) is 0.706. The van der Waals surface area contributed by atoms with E-state index in [0.717, 1.165) is 50.8 Å². The number of aliphatic hydroxyl groups excluding tert-OH is 1. The molecule has 172 valence electrons. The number of nitrogens with zero attached hydrogens (tertiary/aromatic N) is 4. The van der Waals surface area contributed by atoms with Gasteiger partial charge < -0.3 is 20.1 Å². The highest BCUT2D eigenvalue weighted by Gasteiger charge is 2.41. The van der Waals surface area contributed by atoms with Crippen molar-refractivity contribution in [1.82, 2.24) is 20.1 Å². The fraction of sp³-hybridized carbons (Fsp3) is 0.739. The van der Waals surface area contributed by atoms with Crippen LogP contribution in [0.25, 0.3) is 0 Å². The molecule has 1 amide bonds. The molecule has 1 aromatic heterocycles. The first kappa shape index (κ1) is 22.6. The van der Waals surface area contributed by atoms with Gasteiger partial charge in [0.15, 0.2) is 0 Å². The van der Waals surface area contributed by atoms with Gasteiger partial charge in [-0.1, -0.05) is 13.8 Å². The first-order valence-electron chi connectivity index (χ1n) is 11.5. The number of rotatable bonds is 5. The molecule has 31 heavy (non-hydrogen) atoms. The maximum absolute atomic E-state index is 13.5. The second-order valence-electron chi connectivity index (χ2n) is 10.0. The van der Waals surface area contributed by atoms with Gasteiger partial charge in [-0.25, -0.2) is 0 Å². The maximum Gasteiger partial charge on any atom is 0.241 e. The smallest absolute Gasteiger partial charge is 0.241 e. The Labute approximate surface area is 185 Å². The number of pyridine rings is 1. The lowest BCUT2D eigenvalue weighted by molar-refractivity contribution is -0.121. The summed E-state index contributed by atoms with van der Waals surface area (Å²) in [4.78, 5) is 24.8. The highest BCUT2D eigenvalue weighted by molar-refractivity contribution is 5.97. The Morgan fingerprint density at radius 3 is 2.87 bits per heavy atom. The van der Waals surface area contributed by atoms with Crippen molar-refractivity contribution in [2.75, 3.05) is 57.4 Å². The topological polar surface area (TPSA) is 81.2 Å². The Hall–Kier alpha value is -1.58. The molecule has 0 bridgehead atoms. The summed E-state index contributed by atoms with van der Waals surface area (Å²) >= 11 is 0. The number of nitrogens with one attached hydrogen (secondary N) is 1. The second kappa shape index (κ2) is 9.11. The number of fused-ring (bicyclic) bond motifs is 1. The number of hydrogen-bond donors (Lipinski definition) is 2. The van der Waals surface area contributed by atoms with E-state index in [9.17, 15) is 9.90 Å². The predicted molar refractivity (Wildman–Crippen MR) is 120 cm³/mol. The summed E-state index contributed by atoms with van der Waals surface area (Å²) in [5.41, 5.74) is 2.21. The van der Waals surface area contributed by atoms with Crippen molar-refractivity contribution in [2.24, 2.45) is 0 Å². The standard InChI is InChI=1S/C23H37N5O3/c1-16-10-27(19(9-24-16)11-26-7-8-31-14-17(26)2)12-21(30)28-15-23(3,4)22-20(28)6-5-18(13-29)25-22/h5-6,16-17,19,24,29H,7-15H2,1-4H3/t16-,17-,19-/m1/s1. The maximum atomic E-state index is 13.5. The van der Waals surface area contributed by atoms with E-state index >= 15 is 0 Å². The van der Waals surface area contributed by atoms with Gasteiger partial charge >= 0.3 is 0 Å². The SMILES string of the molecule is C[C@@H]1CN(CC(=O)N2CC(C)(C)c3nc(CO)ccc32)[C@@H](CN2CCOC[C@H]2C)CN1. The number of aliphatic hydroxyl groups is 1. The zero-order chi connectivity index (χ0) is 22.2. The van der Waals surface area contributed by atoms with Crippen LogP contribution < -0.4 is 10.2 Å². The minimum atomic E-state index is -0.227. The van der Waals surface area contributed by atoms with Crippen LogP contribution in [0.3, 0.4) is 0 Å². The van der Waals surface area contributed by atoms with Crippen molar-refractivity contribution in [3.8, 4) is 0 Å². The molecule has 4 heterocycles. The molecule has 8 nitrogen and oxygen atoms in total. The summed E-state index contributed by atoms with van der Waals surface area (Å²) in [5.74, 6) is 0.125. The number of aromatic nitrogens is 1. The van der Waals surface area contributed by atoms with Crippen molar-refractivity contribution >= 4 is 11.6 Å². The number of anilines is 1. The van der Waals surface area contributed by atoms with Crippen LogP contribution in [0.2, 0.25) is 0 Å². The zero-order valence-electron chi connectivity index (χ0n) is 19.3. The fourth-order valence-electron chi connectivity index (χ4n) is 5.04. The molecule has 0 unspecified atom stereocenters. The average Bonchev–Trinajstić information content (AvgIpc) is 3.02. The number of carbonyl (C=O) groups is 1. The monoisotopic (exact) mass is 431 g/mol. The number of piperazine rings is 1. The minimum Gasteiger partial charge on any atom is -0.390 e. The predicted octanol–water partition coefficient (Wildman–Crippen LogP) is 0.581. The van der Waals surface area contributed by atoms with Crippen molar-refractivity contribution < 1.29 is 14.6 Å². The molecule has 2 fully saturated rings. The lowest BCUT2D eigenvalue weighted by Crippen LogP contribution is -2.62. The van der Waals surface area contributed by atoms with Crippen molar-refractivity contribution in [3.05, 3.63) is 23.5 Å². The van der Waals surface area contributed by atoms with Crippen LogP contribution in [-0.4, -0.2) is 96.4 Å². The van der Waals surface area contributed by atoms with Crippen LogP contribution in [-0.2, 0) is 21.6 Å². The summed E-state index contributed by atoms with van der Waals surface area (Å²) in [6.07, 6.45) is 0. The molecule has 1 aromatic rings. The molecule has 0 saturated carbocycles. The molecule has 3 aliphatic heterocycles. The van der Waals surface area contributed by atoms with Gasteiger partial charge in [-0.15, -0.1) is 0 Å². The van der Waals surface area contributed by atoms with Crippen LogP contribution in [0.15, 0.2) is 12.1 Å². The number of ether oxygens (including phenoxy) is 1. The van der Waals surface area contributed by atoms with Gasteiger partial charge in [-0.3, -0.25) is 19.6 Å². The summed E-state index contributed by atoms with van der Waals surface area (Å²) in [6.45, 7) is 14.8. The Morgan fingerprint density at radius 2 is 2.13 bits per heavy atom. The lowest BCUT2D eigenvalue weighted by Gasteiger charge is -2.43. The number of morpholine rings is 1. The third-order valence-corrected chi connectivity index (χ3v) is 6.90. The number of carbonyl (C=O) groups excluding carboxylic acids is 1. The van der Waals surface area contributed by atoms with Crippen LogP contribution in [0.5, 0.6) is 0 Å². The fourth-order valence-corrected chi connectivity index (χ4v) is 5.04. The van der Waals surface area contributed by atoms with E-state index in [4.69, 9.17) is 4.74 Å². The van der Waals surface area contributed by atoms with E-state index in [0.29, 0.717) is 36.9 Å². The van der Waals surface area contributed by atoms with Gasteiger partial charge in [-0.2, -0.15) is 0 Å². The minimum absolute atomic E-state index is 0.0857. The lowest BCUT2D eigenvalue weighted by atomic mass is 9.91. The van der Waals surface area contributed by atoms with Gasteiger partial charge in [0.05, 0.1) is 43.4 Å². The number of amides is 1. The first-order chi connectivity index (χ1) is 14.8. The highest BCUT2D eigenvalue weighted by Crippen LogP contribution is 2.39. The second-order valence-corrected chi connectivity index (χ2v) is 10.0. The van der Waals surface area contributed by atoms with E-state index in [2.05, 4.69) is 47.8 Å². The van der Waals surface area contributed by atoms with E-state index in [1.807, 2.05) is 17.0 Å². The molecule has 0 aliphatic carbocycles. The molecule has 2 N–H and O–H groups in total. The normalized spacial score (nSPS) is 29.2. The summed E-state index contributed by atoms with van der Waals surface area (Å²) < 4.78 is 5.59. The molecular weight excluding hydrogens is 394 g/mol. The zero-order valence-corrected chi connectivity index (χ0v) is 19.3. The van der Waals surface area contributed by atoms with E-state index in [1.165, 1.54) is 0 Å². The number of hydrogen-bond acceptors (Lipinski definition) is 7. The van der Waals surface area contributed by atoms with Crippen molar-refractivity contribution in [2.45, 2.75) is 57.8 Å². The molecule has 0 radical (unpaired) electrons. The van der Waals surface area contributed by atoms with Gasteiger partial charge in [-0.05, 0) is 26.0 Å². The van der Waals surface area contributed by atoms with E-state index in [-0.39, 0.29) is 17.9 Å². The van der Waals surface area contributed by atoms with Gasteiger partial charge in [0, 0.05) is 56.3 Å². The largest absolute Gasteiger partial charge is 0.390 e. The molecular formula is C23H37N5O3. The van der Waals surface area contributed by atoms with Crippen LogP contribution in [0.4, 0.5) is 5.69 Å². The molecule has 0 aromatic carbocycles. The summed E-state index contributed by atoms with van der Waals surface area (Å²) in [7, 11) is 0. The van der Waals surface area contributed by atoms with Crippen LogP contribution in [0.1, 0.15) is 39.1 Å². The van der Waals surface area contributed by atoms with Gasteiger partial charge in [0.25, 0.3) is 0 Å². The van der Waals surface area contributed by atoms with E-state index in [1.54, 1.807) is 0 Å². The first-order valence-corrected chi connectivity index (χ1v) is 11.5. The molecule has 3 aliphatic rings. The Bertz CT molecular complexity index is 801.